The van der Waals surface area contributed by atoms with Crippen LogP contribution in [-0.4, -0.2) is 4.98 Å². The minimum Gasteiger partial charge on any atom is -0.261 e. The summed E-state index contributed by atoms with van der Waals surface area (Å²) in [6.45, 7) is 6.32. The van der Waals surface area contributed by atoms with Crippen LogP contribution >= 0.6 is 17.0 Å². The number of aromatic nitrogens is 1. The number of hydrogen-bond donors (Lipinski definition) is 0. The van der Waals surface area contributed by atoms with E-state index in [1.165, 1.54) is 89.2 Å². The van der Waals surface area contributed by atoms with Crippen LogP contribution in [0, 0.1) is 5.92 Å². The molecule has 25 heavy (non-hydrogen) atoms. The summed E-state index contributed by atoms with van der Waals surface area (Å²) in [4.78, 5) is 4.40. The second-order valence-corrected chi connectivity index (χ2v) is 7.18. The maximum Gasteiger partial charge on any atom is 0.0403 e. The van der Waals surface area contributed by atoms with Crippen LogP contribution in [0.4, 0.5) is 0 Å². The van der Waals surface area contributed by atoms with Gasteiger partial charge in [-0.05, 0) is 43.7 Å². The molecule has 1 aromatic heterocycles. The second kappa shape index (κ2) is 18.2. The first kappa shape index (κ1) is 24.4. The predicted molar refractivity (Wildman–Crippen MR) is 118 cm³/mol. The number of allylic oxidation sites excluding steroid dienone is 1. The molecule has 1 rings (SSSR count). The molecule has 0 aromatic carbocycles. The summed E-state index contributed by atoms with van der Waals surface area (Å²) in [5.41, 5.74) is 1.22. The molecule has 1 nitrogen and oxygen atoms in total. The Labute approximate surface area is 167 Å². The van der Waals surface area contributed by atoms with Crippen LogP contribution in [0.5, 0.6) is 0 Å². The lowest BCUT2D eigenvalue weighted by Gasteiger charge is -2.12. The van der Waals surface area contributed by atoms with Crippen LogP contribution in [0.25, 0.3) is 0 Å². The number of nitrogens with zero attached hydrogens (tertiary/aromatic N) is 1. The van der Waals surface area contributed by atoms with Crippen molar-refractivity contribution < 1.29 is 0 Å². The van der Waals surface area contributed by atoms with E-state index in [-0.39, 0.29) is 17.0 Å². The molecule has 0 fully saturated rings. The smallest absolute Gasteiger partial charge is 0.0403 e. The molecule has 1 atom stereocenters. The molecule has 0 amide bonds. The molecule has 0 N–H and O–H groups in total. The van der Waals surface area contributed by atoms with E-state index < -0.39 is 0 Å². The van der Waals surface area contributed by atoms with Gasteiger partial charge in [-0.3, -0.25) is 4.98 Å². The fourth-order valence-electron chi connectivity index (χ4n) is 3.37. The average molecular weight is 410 g/mol. The van der Waals surface area contributed by atoms with Crippen molar-refractivity contribution >= 4 is 17.0 Å². The van der Waals surface area contributed by atoms with Crippen molar-refractivity contribution in [3.63, 3.8) is 0 Å². The van der Waals surface area contributed by atoms with Crippen LogP contribution in [0.3, 0.4) is 0 Å². The first-order valence-electron chi connectivity index (χ1n) is 10.4. The third kappa shape index (κ3) is 14.2. The quantitative estimate of drug-likeness (QED) is 0.198. The molecule has 0 saturated heterocycles. The third-order valence-electron chi connectivity index (χ3n) is 5.00. The summed E-state index contributed by atoms with van der Waals surface area (Å²) in [5, 5.41) is 0. The maximum absolute atomic E-state index is 4.40. The summed E-state index contributed by atoms with van der Waals surface area (Å²) >= 11 is 0. The topological polar surface area (TPSA) is 12.9 Å². The summed E-state index contributed by atoms with van der Waals surface area (Å²) in [6.07, 6.45) is 23.2. The van der Waals surface area contributed by atoms with E-state index in [1.54, 1.807) is 0 Å². The zero-order chi connectivity index (χ0) is 17.3. The Morgan fingerprint density at radius 3 is 2.04 bits per heavy atom. The zero-order valence-corrected chi connectivity index (χ0v) is 18.1. The molecule has 0 radical (unpaired) electrons. The van der Waals surface area contributed by atoms with Crippen LogP contribution in [0.15, 0.2) is 37.1 Å². The molecular weight excluding hydrogens is 370 g/mol. The van der Waals surface area contributed by atoms with Crippen LogP contribution < -0.4 is 0 Å². The van der Waals surface area contributed by atoms with Crippen molar-refractivity contribution in [2.45, 2.75) is 96.8 Å². The molecule has 0 aliphatic rings. The molecule has 1 unspecified atom stereocenters. The van der Waals surface area contributed by atoms with Crippen LogP contribution in [-0.2, 0) is 6.42 Å². The number of pyridine rings is 1. The van der Waals surface area contributed by atoms with Gasteiger partial charge in [-0.15, -0.1) is 23.6 Å². The molecule has 144 valence electrons. The zero-order valence-electron chi connectivity index (χ0n) is 16.4. The van der Waals surface area contributed by atoms with E-state index in [9.17, 15) is 0 Å². The highest BCUT2D eigenvalue weighted by atomic mass is 79.9. The standard InChI is InChI=1S/C23H39N.BrH/c1-3-5-6-7-8-9-10-11-12-13-17-22(4-2)18-16-20-23-19-14-15-21-24-23;/h4,14-15,19,21-22H,2-3,5-13,16-18,20H2,1H3;1H. The molecule has 0 bridgehead atoms. The lowest BCUT2D eigenvalue weighted by Crippen LogP contribution is -1.99. The minimum absolute atomic E-state index is 0. The summed E-state index contributed by atoms with van der Waals surface area (Å²) in [5.74, 6) is 0.697. The van der Waals surface area contributed by atoms with Crippen molar-refractivity contribution in [2.24, 2.45) is 5.92 Å². The number of hydrogen-bond acceptors (Lipinski definition) is 1. The van der Waals surface area contributed by atoms with E-state index >= 15 is 0 Å². The molecule has 1 aromatic rings. The number of rotatable bonds is 16. The van der Waals surface area contributed by atoms with Gasteiger partial charge in [0.1, 0.15) is 0 Å². The van der Waals surface area contributed by atoms with Gasteiger partial charge in [-0.2, -0.15) is 0 Å². The van der Waals surface area contributed by atoms with E-state index in [0.29, 0.717) is 5.92 Å². The Morgan fingerprint density at radius 1 is 0.880 bits per heavy atom. The highest BCUT2D eigenvalue weighted by Gasteiger charge is 2.04. The molecule has 0 aliphatic heterocycles. The normalized spacial score (nSPS) is 11.7. The Bertz CT molecular complexity index is 390. The van der Waals surface area contributed by atoms with Gasteiger partial charge in [0.25, 0.3) is 0 Å². The van der Waals surface area contributed by atoms with E-state index in [2.05, 4.69) is 36.7 Å². The third-order valence-corrected chi connectivity index (χ3v) is 5.00. The highest BCUT2D eigenvalue weighted by molar-refractivity contribution is 8.93. The van der Waals surface area contributed by atoms with Crippen molar-refractivity contribution in [2.75, 3.05) is 0 Å². The van der Waals surface area contributed by atoms with Gasteiger partial charge in [0, 0.05) is 11.9 Å². The van der Waals surface area contributed by atoms with Gasteiger partial charge in [-0.1, -0.05) is 83.3 Å². The van der Waals surface area contributed by atoms with E-state index in [0.717, 1.165) is 6.42 Å². The first-order chi connectivity index (χ1) is 11.9. The predicted octanol–water partition coefficient (Wildman–Crippen LogP) is 8.10. The lowest BCUT2D eigenvalue weighted by molar-refractivity contribution is 0.477. The SMILES string of the molecule is Br.C=CC(CCCCCCCCCCCC)CCCc1ccccn1. The van der Waals surface area contributed by atoms with Crippen molar-refractivity contribution in [1.29, 1.82) is 0 Å². The Morgan fingerprint density at radius 2 is 1.48 bits per heavy atom. The van der Waals surface area contributed by atoms with E-state index in [4.69, 9.17) is 0 Å². The number of aryl methyl sites for hydroxylation is 1. The molecule has 0 spiro atoms. The largest absolute Gasteiger partial charge is 0.261 e. The van der Waals surface area contributed by atoms with Gasteiger partial charge >= 0.3 is 0 Å². The Balaban J connectivity index is 0.00000576. The monoisotopic (exact) mass is 409 g/mol. The van der Waals surface area contributed by atoms with Crippen molar-refractivity contribution in [3.8, 4) is 0 Å². The molecule has 2 heteroatoms. The maximum atomic E-state index is 4.40. The van der Waals surface area contributed by atoms with Crippen molar-refractivity contribution in [3.05, 3.63) is 42.7 Å². The summed E-state index contributed by atoms with van der Waals surface area (Å²) in [6, 6.07) is 6.20. The molecule has 0 saturated carbocycles. The number of halogens is 1. The number of unbranched alkanes of at least 4 members (excludes halogenated alkanes) is 9. The second-order valence-electron chi connectivity index (χ2n) is 7.18. The van der Waals surface area contributed by atoms with Gasteiger partial charge in [0.2, 0.25) is 0 Å². The van der Waals surface area contributed by atoms with E-state index in [1.807, 2.05) is 12.3 Å². The molecule has 1 heterocycles. The Kier molecular flexibility index (Phi) is 17.7. The fourth-order valence-corrected chi connectivity index (χ4v) is 3.37. The summed E-state index contributed by atoms with van der Waals surface area (Å²) in [7, 11) is 0. The van der Waals surface area contributed by atoms with Gasteiger partial charge < -0.3 is 0 Å². The Hall–Kier alpha value is -0.630. The van der Waals surface area contributed by atoms with Gasteiger partial charge in [0.15, 0.2) is 0 Å². The van der Waals surface area contributed by atoms with Gasteiger partial charge in [0.05, 0.1) is 0 Å². The van der Waals surface area contributed by atoms with Crippen LogP contribution in [0.2, 0.25) is 0 Å². The van der Waals surface area contributed by atoms with Crippen LogP contribution in [0.1, 0.15) is 96.1 Å². The molecule has 0 aliphatic carbocycles. The summed E-state index contributed by atoms with van der Waals surface area (Å²) < 4.78 is 0. The molecular formula is C23H40BrN. The van der Waals surface area contributed by atoms with Crippen molar-refractivity contribution in [1.82, 2.24) is 4.98 Å². The lowest BCUT2D eigenvalue weighted by atomic mass is 9.94. The highest BCUT2D eigenvalue weighted by Crippen LogP contribution is 2.19. The van der Waals surface area contributed by atoms with Gasteiger partial charge in [-0.25, -0.2) is 0 Å². The first-order valence-corrected chi connectivity index (χ1v) is 10.4. The average Bonchev–Trinajstić information content (AvgIpc) is 2.62. The fraction of sp³-hybridized carbons (Fsp3) is 0.696. The minimum atomic E-state index is 0.